The lowest BCUT2D eigenvalue weighted by Crippen LogP contribution is -2.38. The number of rotatable bonds is 7. The van der Waals surface area contributed by atoms with Crippen LogP contribution in [-0.2, 0) is 19.5 Å². The Bertz CT molecular complexity index is 2020. The van der Waals surface area contributed by atoms with Crippen LogP contribution < -0.4 is 16.2 Å². The number of nitrogens with one attached hydrogen (secondary N) is 3. The summed E-state index contributed by atoms with van der Waals surface area (Å²) in [4.78, 5) is 48.8. The van der Waals surface area contributed by atoms with Crippen molar-refractivity contribution < 1.29 is 14.2 Å². The summed E-state index contributed by atoms with van der Waals surface area (Å²) >= 11 is 12.2. The summed E-state index contributed by atoms with van der Waals surface area (Å²) in [6.07, 6.45) is 1.68. The number of amides is 2. The van der Waals surface area contributed by atoms with Crippen LogP contribution in [0.3, 0.4) is 0 Å². The van der Waals surface area contributed by atoms with Crippen molar-refractivity contribution in [2.75, 3.05) is 12.4 Å². The van der Waals surface area contributed by atoms with Gasteiger partial charge in [0.2, 0.25) is 5.95 Å². The van der Waals surface area contributed by atoms with Gasteiger partial charge in [-0.25, -0.2) is 19.3 Å². The van der Waals surface area contributed by atoms with E-state index in [0.29, 0.717) is 57.1 Å². The van der Waals surface area contributed by atoms with Gasteiger partial charge in [-0.1, -0.05) is 47.5 Å². The summed E-state index contributed by atoms with van der Waals surface area (Å²) in [6, 6.07) is 19.2. The van der Waals surface area contributed by atoms with Crippen molar-refractivity contribution in [3.05, 3.63) is 121 Å². The molecule has 0 saturated heterocycles. The molecule has 0 atom stereocenters. The van der Waals surface area contributed by atoms with Gasteiger partial charge in [0, 0.05) is 31.6 Å². The van der Waals surface area contributed by atoms with Crippen LogP contribution in [0.1, 0.15) is 44.5 Å². The number of halogens is 2. The van der Waals surface area contributed by atoms with Gasteiger partial charge in [-0.05, 0) is 48.0 Å². The van der Waals surface area contributed by atoms with Gasteiger partial charge in [-0.15, -0.1) is 0 Å². The predicted octanol–water partition coefficient (Wildman–Crippen LogP) is 4.67. The fourth-order valence-electron chi connectivity index (χ4n) is 5.14. The van der Waals surface area contributed by atoms with Crippen LogP contribution in [0.15, 0.2) is 77.9 Å². The molecular weight excluding hydrogens is 615 g/mol. The van der Waals surface area contributed by atoms with Crippen LogP contribution in [-0.4, -0.2) is 53.9 Å². The maximum absolute atomic E-state index is 14.1. The Kier molecular flexibility index (Phi) is 8.29. The Balaban J connectivity index is 1.36. The minimum Gasteiger partial charge on any atom is -0.355 e. The molecule has 3 N–H and O–H groups in total. The van der Waals surface area contributed by atoms with E-state index in [1.54, 1.807) is 48.0 Å². The van der Waals surface area contributed by atoms with Gasteiger partial charge in [0.05, 0.1) is 33.3 Å². The van der Waals surface area contributed by atoms with E-state index < -0.39 is 0 Å². The Morgan fingerprint density at radius 2 is 1.73 bits per heavy atom. The van der Waals surface area contributed by atoms with Gasteiger partial charge < -0.3 is 10.6 Å². The highest BCUT2D eigenvalue weighted by Crippen LogP contribution is 2.25. The number of H-pyrrole nitrogens is 1. The van der Waals surface area contributed by atoms with Crippen LogP contribution in [0, 0.1) is 0 Å². The molecule has 226 valence electrons. The normalized spacial score (nSPS) is 12.5. The minimum absolute atomic E-state index is 0.104. The Labute approximate surface area is 267 Å². The zero-order valence-corrected chi connectivity index (χ0v) is 25.8. The molecule has 45 heavy (non-hydrogen) atoms. The van der Waals surface area contributed by atoms with Crippen molar-refractivity contribution in [3.8, 4) is 17.1 Å². The lowest BCUT2D eigenvalue weighted by molar-refractivity contribution is -0.450. The van der Waals surface area contributed by atoms with Gasteiger partial charge in [-0.2, -0.15) is 9.67 Å². The van der Waals surface area contributed by atoms with Gasteiger partial charge in [0.15, 0.2) is 18.1 Å². The summed E-state index contributed by atoms with van der Waals surface area (Å²) in [5, 5.41) is 13.3. The maximum atomic E-state index is 14.1. The monoisotopic (exact) mass is 641 g/mol. The van der Waals surface area contributed by atoms with E-state index in [-0.39, 0.29) is 35.4 Å². The van der Waals surface area contributed by atoms with E-state index >= 15 is 0 Å². The first kappa shape index (κ1) is 29.9. The third-order valence-corrected chi connectivity index (χ3v) is 8.32. The Morgan fingerprint density at radius 3 is 2.40 bits per heavy atom. The molecule has 0 radical (unpaired) electrons. The average molecular weight is 643 g/mol. The first-order chi connectivity index (χ1) is 21.7. The molecule has 0 saturated carbocycles. The fraction of sp³-hybridized carbons (Fsp3) is 0.156. The van der Waals surface area contributed by atoms with Crippen molar-refractivity contribution in [3.63, 3.8) is 0 Å². The van der Waals surface area contributed by atoms with E-state index in [9.17, 15) is 14.4 Å². The van der Waals surface area contributed by atoms with Gasteiger partial charge in [0.25, 0.3) is 11.5 Å². The quantitative estimate of drug-likeness (QED) is 0.220. The van der Waals surface area contributed by atoms with Gasteiger partial charge >= 0.3 is 5.91 Å². The molecule has 13 heteroatoms. The van der Waals surface area contributed by atoms with E-state index in [1.165, 1.54) is 17.0 Å². The number of benzene rings is 3. The number of fused-ring (bicyclic) bond motifs is 1. The van der Waals surface area contributed by atoms with Gasteiger partial charge in [-0.3, -0.25) is 14.7 Å². The first-order valence-electron chi connectivity index (χ1n) is 14.0. The van der Waals surface area contributed by atoms with Crippen LogP contribution in [0.2, 0.25) is 10.0 Å². The molecule has 3 aromatic carbocycles. The van der Waals surface area contributed by atoms with E-state index in [4.69, 9.17) is 28.2 Å². The van der Waals surface area contributed by atoms with Gasteiger partial charge in [0.1, 0.15) is 12.0 Å². The Hall–Kier alpha value is -5.13. The van der Waals surface area contributed by atoms with Crippen molar-refractivity contribution in [1.29, 1.82) is 0 Å². The zero-order valence-electron chi connectivity index (χ0n) is 24.3. The van der Waals surface area contributed by atoms with Crippen LogP contribution in [0.4, 0.5) is 5.95 Å². The fourth-order valence-corrected chi connectivity index (χ4v) is 5.44. The van der Waals surface area contributed by atoms with Crippen LogP contribution in [0.25, 0.3) is 17.1 Å². The molecule has 11 nitrogen and oxygen atoms in total. The molecule has 0 fully saturated rings. The molecule has 1 aliphatic heterocycles. The molecule has 0 bridgehead atoms. The molecule has 1 aliphatic rings. The molecule has 6 rings (SSSR count). The van der Waals surface area contributed by atoms with E-state index in [0.717, 1.165) is 11.1 Å². The molecular formula is C32H27Cl2N8O3+. The summed E-state index contributed by atoms with van der Waals surface area (Å²) in [5.41, 5.74) is 4.61. The Morgan fingerprint density at radius 1 is 1.00 bits per heavy atom. The van der Waals surface area contributed by atoms with Crippen LogP contribution in [0.5, 0.6) is 0 Å². The smallest absolute Gasteiger partial charge is 0.355 e. The summed E-state index contributed by atoms with van der Waals surface area (Å²) in [5.74, 6) is 0.453. The second-order valence-electron chi connectivity index (χ2n) is 10.4. The second-order valence-corrected chi connectivity index (χ2v) is 11.3. The molecule has 0 unspecified atom stereocenters. The predicted molar refractivity (Wildman–Crippen MR) is 172 cm³/mol. The van der Waals surface area contributed by atoms with E-state index in [1.807, 2.05) is 31.2 Å². The lowest BCUT2D eigenvalue weighted by atomic mass is 10.0. The number of aromatic nitrogens is 5. The van der Waals surface area contributed by atoms with Crippen molar-refractivity contribution in [2.24, 2.45) is 0 Å². The average Bonchev–Trinajstić information content (AvgIpc) is 3.60. The molecule has 2 amide bonds. The lowest BCUT2D eigenvalue weighted by Gasteiger charge is -2.20. The molecule has 2 aromatic heterocycles. The largest absolute Gasteiger partial charge is 0.419 e. The summed E-state index contributed by atoms with van der Waals surface area (Å²) in [6.45, 7) is 2.27. The zero-order chi connectivity index (χ0) is 31.7. The number of carbonyl (C=O) groups excluding carboxylic acids is 2. The molecule has 5 aromatic rings. The summed E-state index contributed by atoms with van der Waals surface area (Å²) in [7, 11) is 1.56. The third kappa shape index (κ3) is 6.00. The second kappa shape index (κ2) is 12.5. The molecule has 0 spiro atoms. The van der Waals surface area contributed by atoms with Crippen LogP contribution >= 0.6 is 23.2 Å². The third-order valence-electron chi connectivity index (χ3n) is 7.58. The molecule has 3 heterocycles. The number of nitrogens with zero attached hydrogens (tertiary/aromatic N) is 5. The minimum atomic E-state index is -0.270. The highest BCUT2D eigenvalue weighted by Gasteiger charge is 2.33. The number of aromatic amines is 1. The van der Waals surface area contributed by atoms with E-state index in [2.05, 4.69) is 25.8 Å². The topological polar surface area (TPSA) is 138 Å². The molecule has 0 aliphatic carbocycles. The number of anilines is 1. The standard InChI is InChI=1S/C32H26Cl2N8O3/c1-18-13-24-27(16-41(18)30(44)22-9-12-25(33)26(34)14-22)39-32(36-15-19-3-5-20(6-4-19)28-37-17-38-40-28)42(31(24)45)23-10-7-21(8-11-23)29(43)35-2/h3-12,14,17H,13,15-16H2,1-2H3,(H2-,35,36,37,38,39,40,43,45)/p+1. The first-order valence-corrected chi connectivity index (χ1v) is 14.7. The maximum Gasteiger partial charge on any atom is 0.419 e. The number of hydrogen-bond donors (Lipinski definition) is 3. The van der Waals surface area contributed by atoms with Crippen molar-refractivity contribution in [2.45, 2.75) is 26.4 Å². The number of hydrogen-bond acceptors (Lipinski definition) is 7. The van der Waals surface area contributed by atoms with Crippen molar-refractivity contribution in [1.82, 2.24) is 30.0 Å². The highest BCUT2D eigenvalue weighted by molar-refractivity contribution is 6.42. The summed E-state index contributed by atoms with van der Waals surface area (Å²) < 4.78 is 3.10. The highest BCUT2D eigenvalue weighted by atomic mass is 35.5. The van der Waals surface area contributed by atoms with Crippen molar-refractivity contribution >= 4 is 46.7 Å². The SMILES string of the molecule is CNC(=O)c1ccc(-n2c(NCc3ccc(-c4ncn[nH]4)cc3)nc3c(c2=O)CC(C)=[N+](C(=O)c2ccc(Cl)c(Cl)c2)C3)cc1. The number of carbonyl (C=O) groups is 2.